The number of esters is 1. The summed E-state index contributed by atoms with van der Waals surface area (Å²) in [4.78, 5) is 36.2. The minimum absolute atomic E-state index is 0.00831. The summed E-state index contributed by atoms with van der Waals surface area (Å²) in [6.07, 6.45) is 0.782. The van der Waals surface area contributed by atoms with E-state index < -0.39 is 5.97 Å². The highest BCUT2D eigenvalue weighted by molar-refractivity contribution is 5.96. The van der Waals surface area contributed by atoms with Crippen molar-refractivity contribution in [2.24, 2.45) is 0 Å². The largest absolute Gasteiger partial charge is 0.465 e. The number of hydrogen-bond donors (Lipinski definition) is 1. The molecule has 6 heteroatoms. The van der Waals surface area contributed by atoms with Crippen molar-refractivity contribution >= 4 is 23.5 Å². The Morgan fingerprint density at radius 2 is 2.00 bits per heavy atom. The fraction of sp³-hybridized carbons (Fsp3) is 0.400. The molecule has 0 saturated carbocycles. The summed E-state index contributed by atoms with van der Waals surface area (Å²) in [5.41, 5.74) is 0.843. The molecule has 0 aliphatic heterocycles. The van der Waals surface area contributed by atoms with Crippen molar-refractivity contribution < 1.29 is 19.1 Å². The van der Waals surface area contributed by atoms with Gasteiger partial charge in [-0.2, -0.15) is 0 Å². The molecule has 0 spiro atoms. The zero-order chi connectivity index (χ0) is 15.8. The summed E-state index contributed by atoms with van der Waals surface area (Å²) in [6.45, 7) is 3.89. The van der Waals surface area contributed by atoms with Crippen molar-refractivity contribution in [1.29, 1.82) is 0 Å². The van der Waals surface area contributed by atoms with Crippen LogP contribution in [0, 0.1) is 0 Å². The second-order valence-corrected chi connectivity index (χ2v) is 4.56. The lowest BCUT2D eigenvalue weighted by Gasteiger charge is -2.19. The molecule has 0 bridgehead atoms. The van der Waals surface area contributed by atoms with E-state index in [1.165, 1.54) is 25.0 Å². The molecular formula is C15H20N2O4. The molecule has 114 valence electrons. The predicted molar refractivity (Wildman–Crippen MR) is 79.0 cm³/mol. The molecule has 0 radical (unpaired) electrons. The highest BCUT2D eigenvalue weighted by Crippen LogP contribution is 2.11. The van der Waals surface area contributed by atoms with E-state index >= 15 is 0 Å². The second kappa shape index (κ2) is 8.04. The maximum atomic E-state index is 11.9. The fourth-order valence-electron chi connectivity index (χ4n) is 1.83. The first-order chi connectivity index (χ1) is 9.97. The van der Waals surface area contributed by atoms with Gasteiger partial charge in [0, 0.05) is 19.2 Å². The molecule has 0 heterocycles. The summed E-state index contributed by atoms with van der Waals surface area (Å²) < 4.78 is 4.62. The number of benzene rings is 1. The quantitative estimate of drug-likeness (QED) is 0.809. The molecule has 0 aliphatic rings. The first-order valence-electron chi connectivity index (χ1n) is 6.71. The fourth-order valence-corrected chi connectivity index (χ4v) is 1.83. The van der Waals surface area contributed by atoms with Gasteiger partial charge in [0.15, 0.2) is 0 Å². The van der Waals surface area contributed by atoms with Crippen molar-refractivity contribution in [2.45, 2.75) is 20.3 Å². The smallest absolute Gasteiger partial charge is 0.337 e. The number of anilines is 1. The van der Waals surface area contributed by atoms with Gasteiger partial charge in [-0.15, -0.1) is 0 Å². The zero-order valence-corrected chi connectivity index (χ0v) is 12.5. The van der Waals surface area contributed by atoms with Crippen molar-refractivity contribution in [3.05, 3.63) is 29.8 Å². The van der Waals surface area contributed by atoms with Gasteiger partial charge in [0.25, 0.3) is 0 Å². The Morgan fingerprint density at radius 3 is 2.57 bits per heavy atom. The number of nitrogens with zero attached hydrogens (tertiary/aromatic N) is 1. The minimum atomic E-state index is -0.470. The van der Waals surface area contributed by atoms with Gasteiger partial charge in [-0.25, -0.2) is 4.79 Å². The summed E-state index contributed by atoms with van der Waals surface area (Å²) in [5, 5.41) is 2.66. The highest BCUT2D eigenvalue weighted by Gasteiger charge is 2.13. The van der Waals surface area contributed by atoms with Gasteiger partial charge in [-0.1, -0.05) is 13.0 Å². The molecule has 0 aliphatic carbocycles. The molecule has 0 saturated heterocycles. The molecule has 0 atom stereocenters. The van der Waals surface area contributed by atoms with Crippen LogP contribution in [0.4, 0.5) is 5.69 Å². The highest BCUT2D eigenvalue weighted by atomic mass is 16.5. The summed E-state index contributed by atoms with van der Waals surface area (Å²) in [5.74, 6) is -0.918. The van der Waals surface area contributed by atoms with Gasteiger partial charge < -0.3 is 15.0 Å². The summed E-state index contributed by atoms with van der Waals surface area (Å²) in [7, 11) is 1.29. The van der Waals surface area contributed by atoms with E-state index in [-0.39, 0.29) is 18.4 Å². The lowest BCUT2D eigenvalue weighted by molar-refractivity contribution is -0.132. The van der Waals surface area contributed by atoms with E-state index in [9.17, 15) is 14.4 Å². The van der Waals surface area contributed by atoms with Crippen molar-refractivity contribution in [3.8, 4) is 0 Å². The summed E-state index contributed by atoms with van der Waals surface area (Å²) in [6, 6.07) is 6.45. The number of carbonyl (C=O) groups excluding carboxylic acids is 3. The van der Waals surface area contributed by atoms with Gasteiger partial charge in [-0.3, -0.25) is 9.59 Å². The van der Waals surface area contributed by atoms with Gasteiger partial charge in [0.2, 0.25) is 11.8 Å². The normalized spacial score (nSPS) is 9.86. The molecular weight excluding hydrogens is 272 g/mol. The van der Waals surface area contributed by atoms with Crippen LogP contribution in [0.25, 0.3) is 0 Å². The van der Waals surface area contributed by atoms with Crippen LogP contribution in [-0.4, -0.2) is 42.9 Å². The van der Waals surface area contributed by atoms with E-state index in [4.69, 9.17) is 0 Å². The number of hydrogen-bond acceptors (Lipinski definition) is 4. The first-order valence-corrected chi connectivity index (χ1v) is 6.71. The Morgan fingerprint density at radius 1 is 1.29 bits per heavy atom. The zero-order valence-electron chi connectivity index (χ0n) is 12.5. The topological polar surface area (TPSA) is 75.7 Å². The lowest BCUT2D eigenvalue weighted by atomic mass is 10.2. The monoisotopic (exact) mass is 292 g/mol. The molecule has 1 rings (SSSR count). The van der Waals surface area contributed by atoms with Crippen LogP contribution in [0.5, 0.6) is 0 Å². The molecule has 0 unspecified atom stereocenters. The predicted octanol–water partition coefficient (Wildman–Crippen LogP) is 1.67. The number of amides is 2. The Bertz CT molecular complexity index is 528. The maximum Gasteiger partial charge on any atom is 0.337 e. The number of carbonyl (C=O) groups is 3. The average molecular weight is 292 g/mol. The number of ether oxygens (including phenoxy) is 1. The molecule has 0 aromatic heterocycles. The second-order valence-electron chi connectivity index (χ2n) is 4.56. The van der Waals surface area contributed by atoms with Crippen LogP contribution in [0.1, 0.15) is 30.6 Å². The van der Waals surface area contributed by atoms with Crippen molar-refractivity contribution in [1.82, 2.24) is 4.90 Å². The van der Waals surface area contributed by atoms with Gasteiger partial charge in [-0.05, 0) is 24.6 Å². The Hall–Kier alpha value is -2.37. The third-order valence-corrected chi connectivity index (χ3v) is 2.84. The van der Waals surface area contributed by atoms with E-state index in [0.717, 1.165) is 6.42 Å². The van der Waals surface area contributed by atoms with Crippen LogP contribution in [0.15, 0.2) is 24.3 Å². The van der Waals surface area contributed by atoms with E-state index in [2.05, 4.69) is 10.1 Å². The van der Waals surface area contributed by atoms with E-state index in [1.807, 2.05) is 6.92 Å². The third-order valence-electron chi connectivity index (χ3n) is 2.84. The SMILES string of the molecule is CCCN(CC(=O)Nc1cccc(C(=O)OC)c1)C(C)=O. The molecule has 1 aromatic rings. The van der Waals surface area contributed by atoms with Crippen LogP contribution in [-0.2, 0) is 14.3 Å². The third kappa shape index (κ3) is 5.25. The first kappa shape index (κ1) is 16.7. The maximum absolute atomic E-state index is 11.9. The van der Waals surface area contributed by atoms with Gasteiger partial charge >= 0.3 is 5.97 Å². The van der Waals surface area contributed by atoms with Gasteiger partial charge in [0.1, 0.15) is 0 Å². The lowest BCUT2D eigenvalue weighted by Crippen LogP contribution is -2.37. The molecule has 2 amide bonds. The minimum Gasteiger partial charge on any atom is -0.465 e. The van der Waals surface area contributed by atoms with Crippen molar-refractivity contribution in [3.63, 3.8) is 0 Å². The standard InChI is InChI=1S/C15H20N2O4/c1-4-8-17(11(2)18)10-14(19)16-13-7-5-6-12(9-13)15(20)21-3/h5-7,9H,4,8,10H2,1-3H3,(H,16,19). The number of nitrogens with one attached hydrogen (secondary N) is 1. The Kier molecular flexibility index (Phi) is 6.39. The Labute approximate surface area is 124 Å². The molecule has 21 heavy (non-hydrogen) atoms. The van der Waals surface area contributed by atoms with Crippen molar-refractivity contribution in [2.75, 3.05) is 25.5 Å². The van der Waals surface area contributed by atoms with E-state index in [1.54, 1.807) is 18.2 Å². The van der Waals surface area contributed by atoms with Crippen LogP contribution in [0.3, 0.4) is 0 Å². The van der Waals surface area contributed by atoms with E-state index in [0.29, 0.717) is 17.8 Å². The van der Waals surface area contributed by atoms with Crippen LogP contribution < -0.4 is 5.32 Å². The average Bonchev–Trinajstić information content (AvgIpc) is 2.46. The number of rotatable bonds is 6. The molecule has 1 N–H and O–H groups in total. The molecule has 0 fully saturated rings. The van der Waals surface area contributed by atoms with Gasteiger partial charge in [0.05, 0.1) is 19.2 Å². The molecule has 6 nitrogen and oxygen atoms in total. The number of methoxy groups -OCH3 is 1. The van der Waals surface area contributed by atoms with Crippen LogP contribution >= 0.6 is 0 Å². The Balaban J connectivity index is 2.70. The molecule has 1 aromatic carbocycles. The van der Waals surface area contributed by atoms with Crippen LogP contribution in [0.2, 0.25) is 0 Å². The summed E-state index contributed by atoms with van der Waals surface area (Å²) >= 11 is 0.